The largest absolute Gasteiger partial charge is 0.481 e. The molecule has 0 spiro atoms. The van der Waals surface area contributed by atoms with Crippen LogP contribution in [0.25, 0.3) is 11.1 Å². The molecule has 0 unspecified atom stereocenters. The summed E-state index contributed by atoms with van der Waals surface area (Å²) < 4.78 is 0. The fraction of sp³-hybridized carbons (Fsp3) is 0.235. The second-order valence-electron chi connectivity index (χ2n) is 5.05. The Labute approximate surface area is 113 Å². The zero-order valence-corrected chi connectivity index (χ0v) is 11.3. The van der Waals surface area contributed by atoms with E-state index < -0.39 is 5.97 Å². The molecule has 0 atom stereocenters. The van der Waals surface area contributed by atoms with Gasteiger partial charge in [0.2, 0.25) is 0 Å². The van der Waals surface area contributed by atoms with Crippen molar-refractivity contribution in [3.8, 4) is 11.1 Å². The van der Waals surface area contributed by atoms with Crippen LogP contribution in [0.1, 0.15) is 30.9 Å². The number of aliphatic carboxylic acids is 1. The Hall–Kier alpha value is -2.09. The first-order valence-corrected chi connectivity index (χ1v) is 6.47. The van der Waals surface area contributed by atoms with Crippen molar-refractivity contribution in [2.45, 2.75) is 26.2 Å². The summed E-state index contributed by atoms with van der Waals surface area (Å²) in [4.78, 5) is 10.6. The average molecular weight is 254 g/mol. The van der Waals surface area contributed by atoms with Crippen LogP contribution < -0.4 is 0 Å². The van der Waals surface area contributed by atoms with Gasteiger partial charge in [-0.05, 0) is 28.2 Å². The molecule has 0 aliphatic carbocycles. The van der Waals surface area contributed by atoms with E-state index in [1.807, 2.05) is 24.3 Å². The van der Waals surface area contributed by atoms with E-state index in [0.717, 1.165) is 11.1 Å². The van der Waals surface area contributed by atoms with Gasteiger partial charge >= 0.3 is 5.97 Å². The molecule has 0 saturated carbocycles. The lowest BCUT2D eigenvalue weighted by molar-refractivity contribution is -0.136. The van der Waals surface area contributed by atoms with Gasteiger partial charge in [0.15, 0.2) is 0 Å². The summed E-state index contributed by atoms with van der Waals surface area (Å²) in [5.41, 5.74) is 4.44. The third kappa shape index (κ3) is 3.44. The van der Waals surface area contributed by atoms with Gasteiger partial charge in [0.05, 0.1) is 6.42 Å². The summed E-state index contributed by atoms with van der Waals surface area (Å²) in [5, 5.41) is 8.75. The quantitative estimate of drug-likeness (QED) is 0.891. The van der Waals surface area contributed by atoms with Gasteiger partial charge in [-0.3, -0.25) is 4.79 Å². The minimum Gasteiger partial charge on any atom is -0.481 e. The normalized spacial score (nSPS) is 10.7. The average Bonchev–Trinajstić information content (AvgIpc) is 2.39. The Morgan fingerprint density at radius 3 is 2.32 bits per heavy atom. The minimum atomic E-state index is -0.797. The highest BCUT2D eigenvalue weighted by molar-refractivity contribution is 5.71. The molecule has 98 valence electrons. The van der Waals surface area contributed by atoms with Crippen LogP contribution in [0.5, 0.6) is 0 Å². The van der Waals surface area contributed by atoms with Crippen LogP contribution in [0.4, 0.5) is 0 Å². The minimum absolute atomic E-state index is 0.0757. The van der Waals surface area contributed by atoms with Crippen LogP contribution in [0, 0.1) is 0 Å². The molecule has 0 fully saturated rings. The molecule has 2 heteroatoms. The molecule has 0 aliphatic rings. The smallest absolute Gasteiger partial charge is 0.307 e. The van der Waals surface area contributed by atoms with Crippen molar-refractivity contribution in [3.05, 3.63) is 59.7 Å². The summed E-state index contributed by atoms with van der Waals surface area (Å²) in [6.07, 6.45) is 0.0757. The fourth-order valence-corrected chi connectivity index (χ4v) is 2.07. The van der Waals surface area contributed by atoms with Crippen molar-refractivity contribution < 1.29 is 9.90 Å². The van der Waals surface area contributed by atoms with Gasteiger partial charge in [-0.25, -0.2) is 0 Å². The molecule has 0 amide bonds. The van der Waals surface area contributed by atoms with Crippen LogP contribution >= 0.6 is 0 Å². The van der Waals surface area contributed by atoms with E-state index in [4.69, 9.17) is 5.11 Å². The number of hydrogen-bond donors (Lipinski definition) is 1. The van der Waals surface area contributed by atoms with Crippen molar-refractivity contribution in [1.29, 1.82) is 0 Å². The first kappa shape index (κ1) is 13.3. The molecule has 2 aromatic rings. The van der Waals surface area contributed by atoms with E-state index in [0.29, 0.717) is 5.92 Å². The third-order valence-electron chi connectivity index (χ3n) is 3.20. The molecule has 2 nitrogen and oxygen atoms in total. The Morgan fingerprint density at radius 1 is 1.05 bits per heavy atom. The zero-order chi connectivity index (χ0) is 13.8. The van der Waals surface area contributed by atoms with Crippen molar-refractivity contribution in [1.82, 2.24) is 0 Å². The fourth-order valence-electron chi connectivity index (χ4n) is 2.07. The molecule has 2 rings (SSSR count). The first-order chi connectivity index (χ1) is 9.06. The maximum Gasteiger partial charge on any atom is 0.307 e. The Bertz CT molecular complexity index is 568. The summed E-state index contributed by atoms with van der Waals surface area (Å²) >= 11 is 0. The SMILES string of the molecule is CC(C)c1cccc(-c2ccc(CC(=O)O)cc2)c1. The molecule has 0 aromatic heterocycles. The van der Waals surface area contributed by atoms with Crippen LogP contribution in [0.15, 0.2) is 48.5 Å². The number of hydrogen-bond acceptors (Lipinski definition) is 1. The zero-order valence-electron chi connectivity index (χ0n) is 11.3. The number of carbonyl (C=O) groups is 1. The van der Waals surface area contributed by atoms with Gasteiger partial charge in [-0.1, -0.05) is 62.4 Å². The predicted octanol–water partition coefficient (Wildman–Crippen LogP) is 4.10. The summed E-state index contributed by atoms with van der Waals surface area (Å²) in [6, 6.07) is 16.2. The second kappa shape index (κ2) is 5.70. The number of carboxylic acid groups (broad SMARTS) is 1. The molecule has 0 bridgehead atoms. The van der Waals surface area contributed by atoms with Gasteiger partial charge in [-0.2, -0.15) is 0 Å². The number of rotatable bonds is 4. The highest BCUT2D eigenvalue weighted by atomic mass is 16.4. The molecule has 2 aromatic carbocycles. The Kier molecular flexibility index (Phi) is 4.00. The first-order valence-electron chi connectivity index (χ1n) is 6.47. The van der Waals surface area contributed by atoms with Crippen molar-refractivity contribution in [2.24, 2.45) is 0 Å². The Balaban J connectivity index is 2.26. The van der Waals surface area contributed by atoms with Crippen molar-refractivity contribution >= 4 is 5.97 Å². The molecule has 0 aliphatic heterocycles. The van der Waals surface area contributed by atoms with Crippen LogP contribution in [-0.2, 0) is 11.2 Å². The molecule has 1 N–H and O–H groups in total. The third-order valence-corrected chi connectivity index (χ3v) is 3.20. The molecule has 0 radical (unpaired) electrons. The lowest BCUT2D eigenvalue weighted by Gasteiger charge is -2.08. The van der Waals surface area contributed by atoms with Gasteiger partial charge in [0.1, 0.15) is 0 Å². The van der Waals surface area contributed by atoms with E-state index in [1.165, 1.54) is 11.1 Å². The predicted molar refractivity (Wildman–Crippen MR) is 77.3 cm³/mol. The monoisotopic (exact) mass is 254 g/mol. The van der Waals surface area contributed by atoms with Gasteiger partial charge in [0.25, 0.3) is 0 Å². The van der Waals surface area contributed by atoms with Crippen molar-refractivity contribution in [2.75, 3.05) is 0 Å². The van der Waals surface area contributed by atoms with Crippen LogP contribution in [0.2, 0.25) is 0 Å². The molecule has 0 saturated heterocycles. The van der Waals surface area contributed by atoms with Gasteiger partial charge < -0.3 is 5.11 Å². The summed E-state index contributed by atoms with van der Waals surface area (Å²) in [7, 11) is 0. The topological polar surface area (TPSA) is 37.3 Å². The number of benzene rings is 2. The molecular formula is C17H18O2. The van der Waals surface area contributed by atoms with Gasteiger partial charge in [-0.15, -0.1) is 0 Å². The maximum absolute atomic E-state index is 10.6. The maximum atomic E-state index is 10.6. The van der Waals surface area contributed by atoms with E-state index in [1.54, 1.807) is 0 Å². The molecular weight excluding hydrogens is 236 g/mol. The van der Waals surface area contributed by atoms with E-state index in [2.05, 4.69) is 38.1 Å². The molecule has 0 heterocycles. The highest BCUT2D eigenvalue weighted by Gasteiger charge is 2.04. The standard InChI is InChI=1S/C17H18O2/c1-12(2)15-4-3-5-16(11-15)14-8-6-13(7-9-14)10-17(18)19/h3-9,11-12H,10H2,1-2H3,(H,18,19). The van der Waals surface area contributed by atoms with Crippen molar-refractivity contribution in [3.63, 3.8) is 0 Å². The number of carboxylic acids is 1. The Morgan fingerprint density at radius 2 is 1.74 bits per heavy atom. The van der Waals surface area contributed by atoms with Crippen LogP contribution in [0.3, 0.4) is 0 Å². The van der Waals surface area contributed by atoms with E-state index in [-0.39, 0.29) is 6.42 Å². The summed E-state index contributed by atoms with van der Waals surface area (Å²) in [5.74, 6) is -0.291. The summed E-state index contributed by atoms with van der Waals surface area (Å²) in [6.45, 7) is 4.35. The highest BCUT2D eigenvalue weighted by Crippen LogP contribution is 2.24. The lowest BCUT2D eigenvalue weighted by atomic mass is 9.97. The van der Waals surface area contributed by atoms with E-state index >= 15 is 0 Å². The van der Waals surface area contributed by atoms with Gasteiger partial charge in [0, 0.05) is 0 Å². The van der Waals surface area contributed by atoms with Crippen LogP contribution in [-0.4, -0.2) is 11.1 Å². The second-order valence-corrected chi connectivity index (χ2v) is 5.05. The van der Waals surface area contributed by atoms with E-state index in [9.17, 15) is 4.79 Å². The lowest BCUT2D eigenvalue weighted by Crippen LogP contribution is -1.99. The molecule has 19 heavy (non-hydrogen) atoms.